The molecule has 0 fully saturated rings. The maximum atomic E-state index is 5.71. The molecule has 0 bridgehead atoms. The standard InChI is InChI=1S/C13H19N5S/c1-3-4-15-11-5-12(18-13(14)17-11)16-6-10-8-19-7-9(10)2/h5,7-8H,3-4,6H2,1-2H3,(H4,14,15,16,17,18). The monoisotopic (exact) mass is 277 g/mol. The van der Waals surface area contributed by atoms with E-state index in [-0.39, 0.29) is 5.95 Å². The Bertz CT molecular complexity index is 538. The molecule has 2 heterocycles. The van der Waals surface area contributed by atoms with Crippen molar-refractivity contribution in [1.29, 1.82) is 0 Å². The minimum atomic E-state index is 0.283. The Morgan fingerprint density at radius 1 is 1.21 bits per heavy atom. The molecule has 102 valence electrons. The first-order chi connectivity index (χ1) is 9.19. The molecule has 19 heavy (non-hydrogen) atoms. The Hall–Kier alpha value is -1.82. The topological polar surface area (TPSA) is 75.9 Å². The van der Waals surface area contributed by atoms with Crippen LogP contribution < -0.4 is 16.4 Å². The molecule has 0 saturated carbocycles. The van der Waals surface area contributed by atoms with E-state index in [0.717, 1.165) is 31.1 Å². The fraction of sp³-hybridized carbons (Fsp3) is 0.385. The number of hydrogen-bond donors (Lipinski definition) is 3. The van der Waals surface area contributed by atoms with Gasteiger partial charge in [0.05, 0.1) is 0 Å². The third-order valence-electron chi connectivity index (χ3n) is 2.72. The summed E-state index contributed by atoms with van der Waals surface area (Å²) in [5, 5.41) is 10.8. The van der Waals surface area contributed by atoms with Gasteiger partial charge in [0.15, 0.2) is 0 Å². The van der Waals surface area contributed by atoms with E-state index in [1.165, 1.54) is 11.1 Å². The van der Waals surface area contributed by atoms with Gasteiger partial charge >= 0.3 is 0 Å². The van der Waals surface area contributed by atoms with E-state index in [1.54, 1.807) is 11.3 Å². The quantitative estimate of drug-likeness (QED) is 0.757. The molecule has 2 rings (SSSR count). The summed E-state index contributed by atoms with van der Waals surface area (Å²) in [5.74, 6) is 1.79. The van der Waals surface area contributed by atoms with E-state index >= 15 is 0 Å². The average Bonchev–Trinajstić information content (AvgIpc) is 2.79. The Kier molecular flexibility index (Phi) is 4.57. The van der Waals surface area contributed by atoms with Crippen LogP contribution in [0.3, 0.4) is 0 Å². The summed E-state index contributed by atoms with van der Waals surface area (Å²) in [7, 11) is 0. The second-order valence-electron chi connectivity index (χ2n) is 4.36. The first-order valence-electron chi connectivity index (χ1n) is 6.33. The van der Waals surface area contributed by atoms with Crippen LogP contribution in [0.25, 0.3) is 0 Å². The van der Waals surface area contributed by atoms with E-state index in [0.29, 0.717) is 0 Å². The van der Waals surface area contributed by atoms with Crippen molar-refractivity contribution in [2.75, 3.05) is 22.9 Å². The molecule has 0 saturated heterocycles. The van der Waals surface area contributed by atoms with Gasteiger partial charge in [0.1, 0.15) is 11.6 Å². The second-order valence-corrected chi connectivity index (χ2v) is 5.10. The molecule has 2 aromatic heterocycles. The lowest BCUT2D eigenvalue weighted by atomic mass is 10.2. The summed E-state index contributed by atoms with van der Waals surface area (Å²) in [6, 6.07) is 1.88. The van der Waals surface area contributed by atoms with Crippen LogP contribution in [0.2, 0.25) is 0 Å². The van der Waals surface area contributed by atoms with Crippen molar-refractivity contribution >= 4 is 28.9 Å². The van der Waals surface area contributed by atoms with Crippen molar-refractivity contribution in [3.63, 3.8) is 0 Å². The van der Waals surface area contributed by atoms with Crippen LogP contribution in [0, 0.1) is 6.92 Å². The summed E-state index contributed by atoms with van der Waals surface area (Å²) in [5.41, 5.74) is 8.29. The number of aromatic nitrogens is 2. The van der Waals surface area contributed by atoms with Crippen molar-refractivity contribution in [2.45, 2.75) is 26.8 Å². The Morgan fingerprint density at radius 2 is 1.95 bits per heavy atom. The number of rotatable bonds is 6. The van der Waals surface area contributed by atoms with Crippen molar-refractivity contribution in [1.82, 2.24) is 9.97 Å². The molecule has 2 aromatic rings. The molecule has 0 amide bonds. The van der Waals surface area contributed by atoms with Crippen molar-refractivity contribution in [3.8, 4) is 0 Å². The van der Waals surface area contributed by atoms with Crippen LogP contribution in [0.1, 0.15) is 24.5 Å². The number of nitrogen functional groups attached to an aromatic ring is 1. The van der Waals surface area contributed by atoms with E-state index in [4.69, 9.17) is 5.73 Å². The smallest absolute Gasteiger partial charge is 0.223 e. The van der Waals surface area contributed by atoms with Gasteiger partial charge in [-0.3, -0.25) is 0 Å². The Labute approximate surface area is 117 Å². The molecule has 0 aromatic carbocycles. The van der Waals surface area contributed by atoms with Gasteiger partial charge in [-0.05, 0) is 35.2 Å². The fourth-order valence-corrected chi connectivity index (χ4v) is 2.51. The molecule has 5 nitrogen and oxygen atoms in total. The molecule has 0 unspecified atom stereocenters. The van der Waals surface area contributed by atoms with E-state index in [9.17, 15) is 0 Å². The minimum Gasteiger partial charge on any atom is -0.370 e. The molecule has 0 aliphatic carbocycles. The average molecular weight is 277 g/mol. The first kappa shape index (κ1) is 13.6. The van der Waals surface area contributed by atoms with Crippen molar-refractivity contribution < 1.29 is 0 Å². The number of hydrogen-bond acceptors (Lipinski definition) is 6. The molecule has 0 spiro atoms. The summed E-state index contributed by atoms with van der Waals surface area (Å²) in [6.45, 7) is 5.84. The van der Waals surface area contributed by atoms with E-state index < -0.39 is 0 Å². The maximum Gasteiger partial charge on any atom is 0.223 e. The molecule has 0 radical (unpaired) electrons. The molecular weight excluding hydrogens is 258 g/mol. The molecule has 0 atom stereocenters. The number of aryl methyl sites for hydroxylation is 1. The highest BCUT2D eigenvalue weighted by atomic mass is 32.1. The second kappa shape index (κ2) is 6.38. The lowest BCUT2D eigenvalue weighted by Crippen LogP contribution is -2.08. The van der Waals surface area contributed by atoms with Crippen LogP contribution in [0.5, 0.6) is 0 Å². The van der Waals surface area contributed by atoms with Gasteiger partial charge in [-0.1, -0.05) is 6.92 Å². The van der Waals surface area contributed by atoms with Gasteiger partial charge in [0, 0.05) is 19.2 Å². The number of nitrogens with zero attached hydrogens (tertiary/aromatic N) is 2. The summed E-state index contributed by atoms with van der Waals surface area (Å²) in [4.78, 5) is 8.34. The number of nitrogens with two attached hydrogens (primary N) is 1. The van der Waals surface area contributed by atoms with Gasteiger partial charge in [-0.2, -0.15) is 21.3 Å². The SMILES string of the molecule is CCCNc1cc(NCc2cscc2C)nc(N)n1. The molecule has 0 aliphatic rings. The van der Waals surface area contributed by atoms with Crippen LogP contribution in [-0.2, 0) is 6.54 Å². The third kappa shape index (κ3) is 3.82. The normalized spacial score (nSPS) is 10.4. The summed E-state index contributed by atoms with van der Waals surface area (Å²) < 4.78 is 0. The summed E-state index contributed by atoms with van der Waals surface area (Å²) in [6.07, 6.45) is 1.04. The van der Waals surface area contributed by atoms with Gasteiger partial charge in [-0.25, -0.2) is 0 Å². The van der Waals surface area contributed by atoms with Crippen molar-refractivity contribution in [2.24, 2.45) is 0 Å². The lowest BCUT2D eigenvalue weighted by Gasteiger charge is -2.09. The first-order valence-corrected chi connectivity index (χ1v) is 7.27. The third-order valence-corrected chi connectivity index (χ3v) is 3.63. The van der Waals surface area contributed by atoms with Crippen LogP contribution in [-0.4, -0.2) is 16.5 Å². The summed E-state index contributed by atoms with van der Waals surface area (Å²) >= 11 is 1.71. The minimum absolute atomic E-state index is 0.283. The van der Waals surface area contributed by atoms with Crippen molar-refractivity contribution in [3.05, 3.63) is 28.0 Å². The molecule has 0 aliphatic heterocycles. The Balaban J connectivity index is 2.03. The fourth-order valence-electron chi connectivity index (χ4n) is 1.65. The predicted octanol–water partition coefficient (Wildman–Crippen LogP) is 2.86. The van der Waals surface area contributed by atoms with Gasteiger partial charge in [-0.15, -0.1) is 0 Å². The van der Waals surface area contributed by atoms with Gasteiger partial charge in [0.2, 0.25) is 5.95 Å². The highest BCUT2D eigenvalue weighted by Crippen LogP contribution is 2.17. The highest BCUT2D eigenvalue weighted by Gasteiger charge is 2.03. The zero-order valence-corrected chi connectivity index (χ0v) is 12.0. The highest BCUT2D eigenvalue weighted by molar-refractivity contribution is 7.08. The van der Waals surface area contributed by atoms with E-state index in [1.807, 2.05) is 6.07 Å². The van der Waals surface area contributed by atoms with Gasteiger partial charge in [0.25, 0.3) is 0 Å². The number of thiophene rings is 1. The predicted molar refractivity (Wildman–Crippen MR) is 81.6 cm³/mol. The van der Waals surface area contributed by atoms with Gasteiger partial charge < -0.3 is 16.4 Å². The molecule has 4 N–H and O–H groups in total. The van der Waals surface area contributed by atoms with Crippen LogP contribution in [0.4, 0.5) is 17.6 Å². The zero-order chi connectivity index (χ0) is 13.7. The van der Waals surface area contributed by atoms with E-state index in [2.05, 4.69) is 45.2 Å². The molecular formula is C13H19N5S. The van der Waals surface area contributed by atoms with Crippen LogP contribution >= 0.6 is 11.3 Å². The number of nitrogens with one attached hydrogen (secondary N) is 2. The Morgan fingerprint density at radius 3 is 2.58 bits per heavy atom. The lowest BCUT2D eigenvalue weighted by molar-refractivity contribution is 0.965. The van der Waals surface area contributed by atoms with Crippen LogP contribution in [0.15, 0.2) is 16.8 Å². The molecule has 6 heteroatoms. The largest absolute Gasteiger partial charge is 0.370 e. The maximum absolute atomic E-state index is 5.71. The number of anilines is 3. The zero-order valence-electron chi connectivity index (χ0n) is 11.2.